The average molecular weight is 405 g/mol. The van der Waals surface area contributed by atoms with Gasteiger partial charge >= 0.3 is 0 Å². The van der Waals surface area contributed by atoms with Crippen molar-refractivity contribution in [3.63, 3.8) is 0 Å². The lowest BCUT2D eigenvalue weighted by Gasteiger charge is -2.29. The molecule has 0 aliphatic carbocycles. The Morgan fingerprint density at radius 2 is 1.82 bits per heavy atom. The second-order valence-corrected chi connectivity index (χ2v) is 7.09. The second-order valence-electron chi connectivity index (χ2n) is 6.69. The Hall–Kier alpha value is -2.11. The summed E-state index contributed by atoms with van der Waals surface area (Å²) in [5.41, 5.74) is 3.35. The monoisotopic (exact) mass is 404 g/mol. The Morgan fingerprint density at radius 1 is 1.07 bits per heavy atom. The summed E-state index contributed by atoms with van der Waals surface area (Å²) >= 11 is 6.45. The molecular weight excluding hydrogens is 376 g/mol. The van der Waals surface area contributed by atoms with E-state index in [4.69, 9.17) is 25.8 Å². The third-order valence-electron chi connectivity index (χ3n) is 4.56. The van der Waals surface area contributed by atoms with E-state index in [0.717, 1.165) is 44.0 Å². The van der Waals surface area contributed by atoms with Crippen molar-refractivity contribution in [2.45, 2.75) is 26.8 Å². The fourth-order valence-corrected chi connectivity index (χ4v) is 3.43. The summed E-state index contributed by atoms with van der Waals surface area (Å²) < 4.78 is 16.9. The molecule has 2 aromatic rings. The van der Waals surface area contributed by atoms with Crippen molar-refractivity contribution >= 4 is 23.0 Å². The maximum Gasteiger partial charge on any atom is 0.179 e. The highest BCUT2D eigenvalue weighted by atomic mass is 35.5. The number of nitrogens with one attached hydrogen (secondary N) is 1. The molecule has 0 saturated carbocycles. The Morgan fingerprint density at radius 3 is 2.50 bits per heavy atom. The molecule has 0 atom stereocenters. The number of hydrogen-bond acceptors (Lipinski definition) is 5. The van der Waals surface area contributed by atoms with Gasteiger partial charge in [-0.15, -0.1) is 0 Å². The number of ether oxygens (including phenoxy) is 3. The summed E-state index contributed by atoms with van der Waals surface area (Å²) in [6, 6.07) is 12.4. The van der Waals surface area contributed by atoms with E-state index in [1.807, 2.05) is 19.1 Å². The molecule has 0 aromatic heterocycles. The molecule has 1 fully saturated rings. The maximum atomic E-state index is 6.45. The Bertz CT molecular complexity index is 746. The van der Waals surface area contributed by atoms with Crippen molar-refractivity contribution in [1.82, 2.24) is 0 Å². The first-order valence-corrected chi connectivity index (χ1v) is 10.3. The Labute approximate surface area is 172 Å². The lowest BCUT2D eigenvalue weighted by Crippen LogP contribution is -2.36. The van der Waals surface area contributed by atoms with Crippen molar-refractivity contribution in [2.24, 2.45) is 0 Å². The number of anilines is 2. The zero-order valence-electron chi connectivity index (χ0n) is 16.7. The van der Waals surface area contributed by atoms with Gasteiger partial charge in [0.1, 0.15) is 0 Å². The van der Waals surface area contributed by atoms with Crippen LogP contribution in [0, 0.1) is 0 Å². The first kappa shape index (κ1) is 20.6. The molecule has 1 aliphatic rings. The van der Waals surface area contributed by atoms with E-state index in [-0.39, 0.29) is 0 Å². The minimum atomic E-state index is 0.568. The average Bonchev–Trinajstić information content (AvgIpc) is 2.73. The molecule has 1 N–H and O–H groups in total. The van der Waals surface area contributed by atoms with Crippen LogP contribution >= 0.6 is 11.6 Å². The normalized spacial score (nSPS) is 14.0. The van der Waals surface area contributed by atoms with E-state index >= 15 is 0 Å². The molecule has 28 heavy (non-hydrogen) atoms. The van der Waals surface area contributed by atoms with Gasteiger partial charge in [0, 0.05) is 31.0 Å². The standard InChI is InChI=1S/C22H29ClN2O3/c1-3-11-28-22-20(23)14-17(15-21(22)27-4-2)16-24-18-5-7-19(8-6-18)25-9-12-26-13-10-25/h5-8,14-15,24H,3-4,9-13,16H2,1-2H3. The first-order valence-electron chi connectivity index (χ1n) is 9.96. The lowest BCUT2D eigenvalue weighted by atomic mass is 10.2. The second kappa shape index (κ2) is 10.4. The topological polar surface area (TPSA) is 43.0 Å². The predicted molar refractivity (Wildman–Crippen MR) is 115 cm³/mol. The van der Waals surface area contributed by atoms with Gasteiger partial charge in [0.25, 0.3) is 0 Å². The van der Waals surface area contributed by atoms with E-state index in [1.165, 1.54) is 5.69 Å². The number of hydrogen-bond donors (Lipinski definition) is 1. The fourth-order valence-electron chi connectivity index (χ4n) is 3.15. The molecule has 0 unspecified atom stereocenters. The van der Waals surface area contributed by atoms with Gasteiger partial charge in [-0.1, -0.05) is 18.5 Å². The van der Waals surface area contributed by atoms with Crippen molar-refractivity contribution in [3.8, 4) is 11.5 Å². The SMILES string of the molecule is CCCOc1c(Cl)cc(CNc2ccc(N3CCOCC3)cc2)cc1OCC. The number of morpholine rings is 1. The Kier molecular flexibility index (Phi) is 7.69. The van der Waals surface area contributed by atoms with Crippen molar-refractivity contribution < 1.29 is 14.2 Å². The van der Waals surface area contributed by atoms with Crippen LogP contribution in [0.15, 0.2) is 36.4 Å². The highest BCUT2D eigenvalue weighted by molar-refractivity contribution is 6.32. The first-order chi connectivity index (χ1) is 13.7. The number of halogens is 1. The molecule has 1 heterocycles. The number of rotatable bonds is 9. The van der Waals surface area contributed by atoms with Gasteiger partial charge in [-0.25, -0.2) is 0 Å². The van der Waals surface area contributed by atoms with Crippen molar-refractivity contribution in [1.29, 1.82) is 0 Å². The predicted octanol–water partition coefficient (Wildman–Crippen LogP) is 4.98. The van der Waals surface area contributed by atoms with E-state index in [9.17, 15) is 0 Å². The van der Waals surface area contributed by atoms with E-state index < -0.39 is 0 Å². The lowest BCUT2D eigenvalue weighted by molar-refractivity contribution is 0.122. The van der Waals surface area contributed by atoms with Crippen LogP contribution in [0.4, 0.5) is 11.4 Å². The molecule has 0 bridgehead atoms. The van der Waals surface area contributed by atoms with Crippen molar-refractivity contribution in [2.75, 3.05) is 49.7 Å². The van der Waals surface area contributed by atoms with Crippen LogP contribution in [0.25, 0.3) is 0 Å². The third-order valence-corrected chi connectivity index (χ3v) is 4.84. The zero-order chi connectivity index (χ0) is 19.8. The number of benzene rings is 2. The minimum Gasteiger partial charge on any atom is -0.490 e. The minimum absolute atomic E-state index is 0.568. The summed E-state index contributed by atoms with van der Waals surface area (Å²) in [7, 11) is 0. The summed E-state index contributed by atoms with van der Waals surface area (Å²) in [5.74, 6) is 1.33. The van der Waals surface area contributed by atoms with Crippen LogP contribution in [-0.2, 0) is 11.3 Å². The van der Waals surface area contributed by atoms with E-state index in [2.05, 4.69) is 41.4 Å². The largest absolute Gasteiger partial charge is 0.490 e. The molecule has 2 aromatic carbocycles. The quantitative estimate of drug-likeness (QED) is 0.638. The molecule has 3 rings (SSSR count). The molecule has 5 nitrogen and oxygen atoms in total. The fraction of sp³-hybridized carbons (Fsp3) is 0.455. The summed E-state index contributed by atoms with van der Waals surface area (Å²) in [6.45, 7) is 9.34. The maximum absolute atomic E-state index is 6.45. The number of nitrogens with zero attached hydrogens (tertiary/aromatic N) is 1. The van der Waals surface area contributed by atoms with Crippen LogP contribution < -0.4 is 19.7 Å². The van der Waals surface area contributed by atoms with Gasteiger partial charge < -0.3 is 24.4 Å². The van der Waals surface area contributed by atoms with Gasteiger partial charge in [0.2, 0.25) is 0 Å². The van der Waals surface area contributed by atoms with Crippen LogP contribution in [0.5, 0.6) is 11.5 Å². The molecule has 6 heteroatoms. The van der Waals surface area contributed by atoms with E-state index in [1.54, 1.807) is 0 Å². The summed E-state index contributed by atoms with van der Waals surface area (Å²) in [6.07, 6.45) is 0.922. The van der Waals surface area contributed by atoms with Gasteiger partial charge in [-0.3, -0.25) is 0 Å². The summed E-state index contributed by atoms with van der Waals surface area (Å²) in [5, 5.41) is 4.03. The van der Waals surface area contributed by atoms with Gasteiger partial charge in [-0.05, 0) is 55.3 Å². The Balaban J connectivity index is 1.64. The molecule has 0 radical (unpaired) electrons. The molecule has 152 valence electrons. The molecule has 0 spiro atoms. The zero-order valence-corrected chi connectivity index (χ0v) is 17.4. The van der Waals surface area contributed by atoms with Crippen molar-refractivity contribution in [3.05, 3.63) is 47.0 Å². The molecular formula is C22H29ClN2O3. The van der Waals surface area contributed by atoms with E-state index in [0.29, 0.717) is 36.3 Å². The van der Waals surface area contributed by atoms with Gasteiger partial charge in [0.05, 0.1) is 31.5 Å². The third kappa shape index (κ3) is 5.46. The van der Waals surface area contributed by atoms with Crippen LogP contribution in [0.1, 0.15) is 25.8 Å². The molecule has 0 amide bonds. The molecule has 1 saturated heterocycles. The van der Waals surface area contributed by atoms with Crippen LogP contribution in [-0.4, -0.2) is 39.5 Å². The highest BCUT2D eigenvalue weighted by Crippen LogP contribution is 2.37. The highest BCUT2D eigenvalue weighted by Gasteiger charge is 2.13. The van der Waals surface area contributed by atoms with Gasteiger partial charge in [0.15, 0.2) is 11.5 Å². The molecule has 1 aliphatic heterocycles. The van der Waals surface area contributed by atoms with Gasteiger partial charge in [-0.2, -0.15) is 0 Å². The smallest absolute Gasteiger partial charge is 0.179 e. The van der Waals surface area contributed by atoms with Crippen LogP contribution in [0.3, 0.4) is 0 Å². The van der Waals surface area contributed by atoms with Crippen LogP contribution in [0.2, 0.25) is 5.02 Å². The summed E-state index contributed by atoms with van der Waals surface area (Å²) in [4.78, 5) is 2.34.